The first-order valence-corrected chi connectivity index (χ1v) is 6.32. The zero-order chi connectivity index (χ0) is 9.52. The summed E-state index contributed by atoms with van der Waals surface area (Å²) >= 11 is 0. The molecule has 0 unspecified atom stereocenters. The molecule has 3 heteroatoms. The molecule has 7 rings (SSSR count). The molecule has 3 nitrogen and oxygen atoms in total. The van der Waals surface area contributed by atoms with Crippen LogP contribution < -0.4 is 0 Å². The highest BCUT2D eigenvalue weighted by atomic mass is 16.7. The molecule has 1 aliphatic heterocycles. The van der Waals surface area contributed by atoms with Crippen molar-refractivity contribution in [1.82, 2.24) is 0 Å². The van der Waals surface area contributed by atoms with E-state index < -0.39 is 0 Å². The summed E-state index contributed by atoms with van der Waals surface area (Å²) in [4.78, 5) is 0. The maximum Gasteiger partial charge on any atom is 0.175 e. The average Bonchev–Trinajstić information content (AvgIpc) is 2.87. The van der Waals surface area contributed by atoms with E-state index in [0.29, 0.717) is 23.7 Å². The van der Waals surface area contributed by atoms with Crippen LogP contribution in [0.15, 0.2) is 0 Å². The van der Waals surface area contributed by atoms with Crippen LogP contribution in [0.4, 0.5) is 0 Å². The highest BCUT2D eigenvalue weighted by molar-refractivity contribution is 5.39. The number of hydrogen-bond donors (Lipinski definition) is 1. The molecule has 6 saturated carbocycles. The van der Waals surface area contributed by atoms with Gasteiger partial charge in [0.2, 0.25) is 0 Å². The van der Waals surface area contributed by atoms with E-state index in [1.54, 1.807) is 0 Å². The highest BCUT2D eigenvalue weighted by Gasteiger charge is 2.94. The van der Waals surface area contributed by atoms with E-state index in [1.807, 2.05) is 0 Å². The van der Waals surface area contributed by atoms with E-state index >= 15 is 0 Å². The van der Waals surface area contributed by atoms with Gasteiger partial charge in [0.1, 0.15) is 0 Å². The van der Waals surface area contributed by atoms with E-state index in [0.717, 1.165) is 36.9 Å². The van der Waals surface area contributed by atoms with Crippen LogP contribution in [0.1, 0.15) is 0 Å². The number of aliphatic hydroxyl groups is 1. The second-order valence-electron chi connectivity index (χ2n) is 6.42. The van der Waals surface area contributed by atoms with Crippen molar-refractivity contribution in [3.8, 4) is 0 Å². The van der Waals surface area contributed by atoms with Gasteiger partial charge in [0.15, 0.2) is 5.79 Å². The molecule has 6 aliphatic carbocycles. The molecule has 7 aliphatic rings. The van der Waals surface area contributed by atoms with Crippen molar-refractivity contribution in [1.29, 1.82) is 0 Å². The molecule has 0 aromatic rings. The Labute approximate surface area is 87.7 Å². The molecule has 7 fully saturated rings. The fourth-order valence-corrected chi connectivity index (χ4v) is 6.97. The van der Waals surface area contributed by atoms with Gasteiger partial charge in [-0.05, 0) is 35.5 Å². The SMILES string of the molecule is O[C@H]1[C@@H]2[C@H]3[C@@H]4[C@@H]1[C@@H]1[C@H]2[C@H]3[C@H]4C12OCCO2. The normalized spacial score (nSPS) is 77.8. The summed E-state index contributed by atoms with van der Waals surface area (Å²) in [6, 6.07) is 0. The molecule has 0 aromatic carbocycles. The van der Waals surface area contributed by atoms with Gasteiger partial charge < -0.3 is 14.6 Å². The summed E-state index contributed by atoms with van der Waals surface area (Å²) in [5.41, 5.74) is 0. The summed E-state index contributed by atoms with van der Waals surface area (Å²) in [5.74, 6) is 5.46. The lowest BCUT2D eigenvalue weighted by Crippen LogP contribution is -2.61. The van der Waals surface area contributed by atoms with Crippen LogP contribution in [0.25, 0.3) is 0 Å². The van der Waals surface area contributed by atoms with Crippen molar-refractivity contribution in [2.75, 3.05) is 13.2 Å². The largest absolute Gasteiger partial charge is 0.393 e. The van der Waals surface area contributed by atoms with Crippen molar-refractivity contribution in [2.45, 2.75) is 11.9 Å². The molecule has 1 heterocycles. The van der Waals surface area contributed by atoms with Gasteiger partial charge in [-0.1, -0.05) is 0 Å². The van der Waals surface area contributed by atoms with Crippen molar-refractivity contribution >= 4 is 0 Å². The van der Waals surface area contributed by atoms with Gasteiger partial charge in [0.25, 0.3) is 0 Å². The molecular weight excluding hydrogens is 192 g/mol. The third-order valence-corrected chi connectivity index (χ3v) is 6.78. The minimum atomic E-state index is -0.215. The first kappa shape index (κ1) is 7.25. The number of rotatable bonds is 0. The van der Waals surface area contributed by atoms with Crippen molar-refractivity contribution in [3.63, 3.8) is 0 Å². The van der Waals surface area contributed by atoms with Gasteiger partial charge >= 0.3 is 0 Å². The topological polar surface area (TPSA) is 38.7 Å². The first-order valence-electron chi connectivity index (χ1n) is 6.32. The van der Waals surface area contributed by atoms with Gasteiger partial charge in [-0.15, -0.1) is 0 Å². The third-order valence-electron chi connectivity index (χ3n) is 6.78. The summed E-state index contributed by atoms with van der Waals surface area (Å²) in [6.07, 6.45) is -0.0107. The highest BCUT2D eigenvalue weighted by Crippen LogP contribution is 2.91. The van der Waals surface area contributed by atoms with Crippen LogP contribution in [0.3, 0.4) is 0 Å². The standard InChI is InChI=1S/C12H14O3/c13-11-7-3-4-6(7)10-8(11)5(3)9(4)12(10)14-1-2-15-12/h3-11,13H,1-2H2/t3-,4+,5-,6+,7-,8-,9-,10+,11+/m1/s1. The Morgan fingerprint density at radius 2 is 1.40 bits per heavy atom. The molecular formula is C12H14O3. The molecule has 1 saturated heterocycles. The lowest BCUT2D eigenvalue weighted by atomic mass is 9.41. The zero-order valence-corrected chi connectivity index (χ0v) is 8.37. The molecule has 1 spiro atoms. The summed E-state index contributed by atoms with van der Waals surface area (Å²) < 4.78 is 12.0. The van der Waals surface area contributed by atoms with Gasteiger partial charge in [-0.3, -0.25) is 0 Å². The number of ether oxygens (including phenoxy) is 2. The maximum atomic E-state index is 10.3. The first-order chi connectivity index (χ1) is 7.36. The Balaban J connectivity index is 1.63. The van der Waals surface area contributed by atoms with Crippen LogP contribution in [-0.4, -0.2) is 30.2 Å². The van der Waals surface area contributed by atoms with Crippen LogP contribution in [0.2, 0.25) is 0 Å². The minimum absolute atomic E-state index is 0.0107. The summed E-state index contributed by atoms with van der Waals surface area (Å²) in [6.45, 7) is 1.55. The molecule has 9 atom stereocenters. The average molecular weight is 206 g/mol. The zero-order valence-electron chi connectivity index (χ0n) is 8.37. The van der Waals surface area contributed by atoms with E-state index in [9.17, 15) is 5.11 Å². The van der Waals surface area contributed by atoms with Gasteiger partial charge in [0.05, 0.1) is 19.3 Å². The number of hydrogen-bond acceptors (Lipinski definition) is 3. The van der Waals surface area contributed by atoms with Gasteiger partial charge in [-0.25, -0.2) is 0 Å². The summed E-state index contributed by atoms with van der Waals surface area (Å²) in [5, 5.41) is 10.3. The monoisotopic (exact) mass is 206 g/mol. The lowest BCUT2D eigenvalue weighted by Gasteiger charge is -2.62. The molecule has 15 heavy (non-hydrogen) atoms. The van der Waals surface area contributed by atoms with E-state index in [-0.39, 0.29) is 11.9 Å². The Hall–Kier alpha value is -0.120. The van der Waals surface area contributed by atoms with Gasteiger partial charge in [-0.2, -0.15) is 0 Å². The predicted octanol–water partition coefficient (Wildman–Crippen LogP) is 0.0880. The minimum Gasteiger partial charge on any atom is -0.393 e. The second-order valence-corrected chi connectivity index (χ2v) is 6.42. The number of aliphatic hydroxyl groups excluding tert-OH is 1. The van der Waals surface area contributed by atoms with Crippen molar-refractivity contribution < 1.29 is 14.6 Å². The molecule has 0 aromatic heterocycles. The van der Waals surface area contributed by atoms with Crippen molar-refractivity contribution in [2.24, 2.45) is 47.3 Å². The Bertz CT molecular complexity index is 386. The Kier molecular flexibility index (Phi) is 0.819. The quantitative estimate of drug-likeness (QED) is 0.610. The van der Waals surface area contributed by atoms with Crippen molar-refractivity contribution in [3.05, 3.63) is 0 Å². The van der Waals surface area contributed by atoms with Crippen LogP contribution in [0, 0.1) is 47.3 Å². The van der Waals surface area contributed by atoms with Crippen LogP contribution in [0.5, 0.6) is 0 Å². The second kappa shape index (κ2) is 1.69. The molecule has 80 valence electrons. The van der Waals surface area contributed by atoms with E-state index in [2.05, 4.69) is 0 Å². The van der Waals surface area contributed by atoms with E-state index in [4.69, 9.17) is 9.47 Å². The molecule has 0 radical (unpaired) electrons. The Morgan fingerprint density at radius 1 is 0.800 bits per heavy atom. The fourth-order valence-electron chi connectivity index (χ4n) is 6.97. The van der Waals surface area contributed by atoms with Crippen LogP contribution in [-0.2, 0) is 9.47 Å². The van der Waals surface area contributed by atoms with Gasteiger partial charge in [0, 0.05) is 11.8 Å². The molecule has 0 amide bonds. The predicted molar refractivity (Wildman–Crippen MR) is 48.6 cm³/mol. The smallest absolute Gasteiger partial charge is 0.175 e. The molecule has 1 N–H and O–H groups in total. The lowest BCUT2D eigenvalue weighted by molar-refractivity contribution is -0.229. The Morgan fingerprint density at radius 3 is 2.07 bits per heavy atom. The third kappa shape index (κ3) is 0.413. The van der Waals surface area contributed by atoms with Crippen LogP contribution >= 0.6 is 0 Å². The molecule has 4 bridgehead atoms. The summed E-state index contributed by atoms with van der Waals surface area (Å²) in [7, 11) is 0. The fraction of sp³-hybridized carbons (Fsp3) is 1.00. The maximum absolute atomic E-state index is 10.3. The van der Waals surface area contributed by atoms with E-state index in [1.165, 1.54) is 0 Å².